The number of hydrogen-bond donors (Lipinski definition) is 1. The van der Waals surface area contributed by atoms with Crippen LogP contribution in [0.15, 0.2) is 48.5 Å². The van der Waals surface area contributed by atoms with Crippen molar-refractivity contribution in [2.24, 2.45) is 5.73 Å². The second kappa shape index (κ2) is 7.48. The molecule has 0 spiro atoms. The van der Waals surface area contributed by atoms with E-state index in [-0.39, 0.29) is 0 Å². The van der Waals surface area contributed by atoms with Crippen molar-refractivity contribution in [2.75, 3.05) is 11.4 Å². The summed E-state index contributed by atoms with van der Waals surface area (Å²) < 4.78 is 0. The van der Waals surface area contributed by atoms with Crippen LogP contribution >= 0.6 is 11.6 Å². The highest BCUT2D eigenvalue weighted by Gasteiger charge is 2.14. The summed E-state index contributed by atoms with van der Waals surface area (Å²) in [5, 5.41) is 0.797. The van der Waals surface area contributed by atoms with Crippen molar-refractivity contribution in [1.29, 1.82) is 0 Å². The molecule has 0 saturated heterocycles. The molecule has 0 saturated carbocycles. The van der Waals surface area contributed by atoms with Gasteiger partial charge in [-0.2, -0.15) is 0 Å². The van der Waals surface area contributed by atoms with E-state index in [1.807, 2.05) is 12.1 Å². The van der Waals surface area contributed by atoms with Crippen LogP contribution in [0.2, 0.25) is 5.02 Å². The smallest absolute Gasteiger partial charge is 0.0642 e. The molecule has 2 N–H and O–H groups in total. The van der Waals surface area contributed by atoms with Crippen molar-refractivity contribution >= 4 is 17.3 Å². The molecule has 0 bridgehead atoms. The second-order valence-electron chi connectivity index (χ2n) is 5.53. The van der Waals surface area contributed by atoms with E-state index in [0.717, 1.165) is 23.7 Å². The third-order valence-electron chi connectivity index (χ3n) is 3.57. The van der Waals surface area contributed by atoms with Crippen molar-refractivity contribution in [3.63, 3.8) is 0 Å². The van der Waals surface area contributed by atoms with E-state index in [9.17, 15) is 0 Å². The summed E-state index contributed by atoms with van der Waals surface area (Å²) in [5.41, 5.74) is 9.16. The zero-order valence-electron chi connectivity index (χ0n) is 12.7. The monoisotopic (exact) mass is 302 g/mol. The topological polar surface area (TPSA) is 29.3 Å². The highest BCUT2D eigenvalue weighted by Crippen LogP contribution is 2.30. The van der Waals surface area contributed by atoms with Crippen molar-refractivity contribution in [2.45, 2.75) is 32.9 Å². The van der Waals surface area contributed by atoms with Gasteiger partial charge in [-0.15, -0.1) is 0 Å². The first-order valence-electron chi connectivity index (χ1n) is 7.41. The Hall–Kier alpha value is -1.51. The first-order valence-corrected chi connectivity index (χ1v) is 7.78. The molecule has 0 heterocycles. The van der Waals surface area contributed by atoms with Crippen LogP contribution in [0.5, 0.6) is 0 Å². The minimum absolute atomic E-state index is 0.378. The molecule has 2 aromatic rings. The maximum absolute atomic E-state index is 6.49. The van der Waals surface area contributed by atoms with Gasteiger partial charge in [-0.25, -0.2) is 0 Å². The van der Waals surface area contributed by atoms with Gasteiger partial charge in [0, 0.05) is 12.6 Å². The Balaban J connectivity index is 2.26. The van der Waals surface area contributed by atoms with Crippen LogP contribution in [0.1, 0.15) is 25.0 Å². The SMILES string of the molecule is CC(C)N(Cc1ccccc1)c1ccc(CCN)cc1Cl. The quantitative estimate of drug-likeness (QED) is 0.864. The first kappa shape index (κ1) is 15.9. The molecule has 0 unspecified atom stereocenters. The van der Waals surface area contributed by atoms with Crippen LogP contribution in [0.3, 0.4) is 0 Å². The van der Waals surface area contributed by atoms with E-state index >= 15 is 0 Å². The maximum Gasteiger partial charge on any atom is 0.0642 e. The lowest BCUT2D eigenvalue weighted by atomic mass is 10.1. The highest BCUT2D eigenvalue weighted by molar-refractivity contribution is 6.33. The molecule has 112 valence electrons. The zero-order valence-corrected chi connectivity index (χ0v) is 13.5. The number of halogens is 1. The van der Waals surface area contributed by atoms with Crippen molar-refractivity contribution in [1.82, 2.24) is 0 Å². The Bertz CT molecular complexity index is 567. The molecule has 0 atom stereocenters. The van der Waals surface area contributed by atoms with Gasteiger partial charge in [-0.05, 0) is 50.1 Å². The average molecular weight is 303 g/mol. The summed E-state index contributed by atoms with van der Waals surface area (Å²) in [6.07, 6.45) is 0.861. The molecule has 21 heavy (non-hydrogen) atoms. The van der Waals surface area contributed by atoms with Gasteiger partial charge in [-0.1, -0.05) is 48.0 Å². The molecular formula is C18H23ClN2. The Morgan fingerprint density at radius 2 is 1.76 bits per heavy atom. The van der Waals surface area contributed by atoms with Crippen LogP contribution in [-0.2, 0) is 13.0 Å². The normalized spacial score (nSPS) is 10.9. The zero-order chi connectivity index (χ0) is 15.2. The van der Waals surface area contributed by atoms with E-state index in [0.29, 0.717) is 12.6 Å². The molecule has 0 aliphatic carbocycles. The molecule has 0 amide bonds. The van der Waals surface area contributed by atoms with E-state index in [1.165, 1.54) is 11.1 Å². The van der Waals surface area contributed by atoms with Gasteiger partial charge in [0.15, 0.2) is 0 Å². The van der Waals surface area contributed by atoms with Crippen LogP contribution in [-0.4, -0.2) is 12.6 Å². The lowest BCUT2D eigenvalue weighted by Crippen LogP contribution is -2.30. The molecule has 0 aliphatic heterocycles. The molecule has 3 heteroatoms. The maximum atomic E-state index is 6.49. The molecular weight excluding hydrogens is 280 g/mol. The number of benzene rings is 2. The third kappa shape index (κ3) is 4.23. The lowest BCUT2D eigenvalue weighted by Gasteiger charge is -2.30. The Labute approximate surface area is 132 Å². The summed E-state index contributed by atoms with van der Waals surface area (Å²) in [6.45, 7) is 5.88. The Morgan fingerprint density at radius 3 is 2.33 bits per heavy atom. The van der Waals surface area contributed by atoms with Crippen molar-refractivity contribution in [3.8, 4) is 0 Å². The summed E-state index contributed by atoms with van der Waals surface area (Å²) in [6, 6.07) is 17.1. The van der Waals surface area contributed by atoms with Crippen molar-refractivity contribution < 1.29 is 0 Å². The van der Waals surface area contributed by atoms with E-state index in [4.69, 9.17) is 17.3 Å². The van der Waals surface area contributed by atoms with Gasteiger partial charge in [0.25, 0.3) is 0 Å². The number of nitrogens with zero attached hydrogens (tertiary/aromatic N) is 1. The molecule has 0 fully saturated rings. The van der Waals surface area contributed by atoms with Gasteiger partial charge in [-0.3, -0.25) is 0 Å². The Morgan fingerprint density at radius 1 is 1.05 bits per heavy atom. The van der Waals surface area contributed by atoms with Gasteiger partial charge < -0.3 is 10.6 Å². The second-order valence-corrected chi connectivity index (χ2v) is 5.94. The predicted octanol–water partition coefficient (Wildman–Crippen LogP) is 4.26. The van der Waals surface area contributed by atoms with Crippen LogP contribution in [0, 0.1) is 0 Å². The van der Waals surface area contributed by atoms with Gasteiger partial charge in [0.05, 0.1) is 10.7 Å². The third-order valence-corrected chi connectivity index (χ3v) is 3.88. The van der Waals surface area contributed by atoms with E-state index in [1.54, 1.807) is 0 Å². The molecule has 0 aliphatic rings. The molecule has 0 radical (unpaired) electrons. The minimum Gasteiger partial charge on any atom is -0.364 e. The number of hydrogen-bond acceptors (Lipinski definition) is 2. The fraction of sp³-hybridized carbons (Fsp3) is 0.333. The van der Waals surface area contributed by atoms with E-state index < -0.39 is 0 Å². The molecule has 0 aromatic heterocycles. The highest BCUT2D eigenvalue weighted by atomic mass is 35.5. The van der Waals surface area contributed by atoms with E-state index in [2.05, 4.69) is 55.1 Å². The molecule has 2 aromatic carbocycles. The summed E-state index contributed by atoms with van der Waals surface area (Å²) >= 11 is 6.49. The molecule has 2 nitrogen and oxygen atoms in total. The van der Waals surface area contributed by atoms with Gasteiger partial charge in [0.1, 0.15) is 0 Å². The number of anilines is 1. The number of rotatable bonds is 6. The largest absolute Gasteiger partial charge is 0.364 e. The van der Waals surface area contributed by atoms with Crippen molar-refractivity contribution in [3.05, 3.63) is 64.7 Å². The average Bonchev–Trinajstić information content (AvgIpc) is 2.47. The van der Waals surface area contributed by atoms with Crippen LogP contribution < -0.4 is 10.6 Å². The van der Waals surface area contributed by atoms with Crippen LogP contribution in [0.4, 0.5) is 5.69 Å². The van der Waals surface area contributed by atoms with Gasteiger partial charge in [0.2, 0.25) is 0 Å². The van der Waals surface area contributed by atoms with Gasteiger partial charge >= 0.3 is 0 Å². The summed E-state index contributed by atoms with van der Waals surface area (Å²) in [4.78, 5) is 2.32. The van der Waals surface area contributed by atoms with Crippen LogP contribution in [0.25, 0.3) is 0 Å². The first-order chi connectivity index (χ1) is 10.1. The fourth-order valence-electron chi connectivity index (χ4n) is 2.43. The molecule has 2 rings (SSSR count). The summed E-state index contributed by atoms with van der Waals surface area (Å²) in [7, 11) is 0. The minimum atomic E-state index is 0.378. The Kier molecular flexibility index (Phi) is 5.66. The fourth-order valence-corrected chi connectivity index (χ4v) is 2.74. The summed E-state index contributed by atoms with van der Waals surface area (Å²) in [5.74, 6) is 0. The standard InChI is InChI=1S/C18H23ClN2/c1-14(2)21(13-16-6-4-3-5-7-16)18-9-8-15(10-11-20)12-17(18)19/h3-9,12,14H,10-11,13,20H2,1-2H3. The lowest BCUT2D eigenvalue weighted by molar-refractivity contribution is 0.682. The predicted molar refractivity (Wildman–Crippen MR) is 92.0 cm³/mol. The number of nitrogens with two attached hydrogens (primary N) is 1.